The molecule has 2 aromatic carbocycles. The molecule has 2 amide bonds. The minimum absolute atomic E-state index is 0.146. The van der Waals surface area contributed by atoms with Gasteiger partial charge in [-0.2, -0.15) is 0 Å². The van der Waals surface area contributed by atoms with Crippen molar-refractivity contribution in [2.75, 3.05) is 13.1 Å². The molecule has 1 saturated carbocycles. The van der Waals surface area contributed by atoms with E-state index in [1.54, 1.807) is 12.1 Å². The lowest BCUT2D eigenvalue weighted by molar-refractivity contribution is -0.132. The fourth-order valence-corrected chi connectivity index (χ4v) is 4.65. The molecule has 0 unspecified atom stereocenters. The van der Waals surface area contributed by atoms with Crippen molar-refractivity contribution in [3.63, 3.8) is 0 Å². The summed E-state index contributed by atoms with van der Waals surface area (Å²) >= 11 is 0. The van der Waals surface area contributed by atoms with Crippen LogP contribution in [-0.2, 0) is 16.0 Å². The zero-order valence-corrected chi connectivity index (χ0v) is 18.1. The molecule has 5 nitrogen and oxygen atoms in total. The number of nitrogens with zero attached hydrogens (tertiary/aromatic N) is 1. The molecule has 2 aliphatic rings. The van der Waals surface area contributed by atoms with Crippen molar-refractivity contribution in [3.8, 4) is 11.3 Å². The van der Waals surface area contributed by atoms with Crippen LogP contribution in [0.2, 0.25) is 0 Å². The topological polar surface area (TPSA) is 65.2 Å². The third kappa shape index (κ3) is 4.40. The van der Waals surface area contributed by atoms with Gasteiger partial charge in [-0.15, -0.1) is 0 Å². The monoisotopic (exact) mass is 433 g/mol. The number of aromatic nitrogens is 1. The lowest BCUT2D eigenvalue weighted by Crippen LogP contribution is -2.47. The van der Waals surface area contributed by atoms with Gasteiger partial charge in [-0.3, -0.25) is 9.59 Å². The number of hydrogen-bond acceptors (Lipinski definition) is 2. The number of likely N-dealkylation sites (tertiary alicyclic amines) is 1. The molecule has 0 bridgehead atoms. The molecule has 2 fully saturated rings. The first kappa shape index (κ1) is 20.7. The van der Waals surface area contributed by atoms with Crippen molar-refractivity contribution in [2.24, 2.45) is 5.92 Å². The summed E-state index contributed by atoms with van der Waals surface area (Å²) < 4.78 is 13.4. The molecule has 1 aliphatic heterocycles. The van der Waals surface area contributed by atoms with Gasteiger partial charge in [0.05, 0.1) is 0 Å². The number of amides is 2. The van der Waals surface area contributed by atoms with Gasteiger partial charge in [-0.25, -0.2) is 4.39 Å². The number of rotatable bonds is 6. The maximum absolute atomic E-state index is 13.4. The summed E-state index contributed by atoms with van der Waals surface area (Å²) in [6.45, 7) is 1.38. The van der Waals surface area contributed by atoms with Gasteiger partial charge in [-0.05, 0) is 73.6 Å². The molecule has 32 heavy (non-hydrogen) atoms. The molecule has 0 radical (unpaired) electrons. The highest BCUT2D eigenvalue weighted by atomic mass is 19.1. The van der Waals surface area contributed by atoms with E-state index in [1.807, 2.05) is 23.1 Å². The van der Waals surface area contributed by atoms with Crippen LogP contribution in [-0.4, -0.2) is 40.8 Å². The smallest absolute Gasteiger partial charge is 0.223 e. The van der Waals surface area contributed by atoms with Crippen LogP contribution in [0.5, 0.6) is 0 Å². The average Bonchev–Trinajstić information content (AvgIpc) is 3.60. The summed E-state index contributed by atoms with van der Waals surface area (Å²) in [4.78, 5) is 30.3. The molecule has 1 saturated heterocycles. The van der Waals surface area contributed by atoms with E-state index in [-0.39, 0.29) is 29.6 Å². The standard InChI is InChI=1S/C26H28FN3O2/c27-19-9-7-17(8-10-19)25-22(21-3-1-2-4-23(21)29-25)11-12-24(31)30-15-13-20(14-16-30)28-26(32)18-5-6-18/h1-4,7-10,18,20,29H,5-6,11-16H2,(H,28,32). The third-order valence-electron chi connectivity index (χ3n) is 6.68. The molecule has 1 aromatic heterocycles. The van der Waals surface area contributed by atoms with Crippen LogP contribution >= 0.6 is 0 Å². The third-order valence-corrected chi connectivity index (χ3v) is 6.68. The maximum atomic E-state index is 13.4. The zero-order chi connectivity index (χ0) is 22.1. The second-order valence-corrected chi connectivity index (χ2v) is 8.97. The minimum atomic E-state index is -0.265. The van der Waals surface area contributed by atoms with E-state index in [9.17, 15) is 14.0 Å². The van der Waals surface area contributed by atoms with Gasteiger partial charge in [0.25, 0.3) is 0 Å². The first-order chi connectivity index (χ1) is 15.6. The van der Waals surface area contributed by atoms with Gasteiger partial charge in [0, 0.05) is 48.1 Å². The van der Waals surface area contributed by atoms with E-state index in [1.165, 1.54) is 12.1 Å². The molecule has 3 aromatic rings. The Kier molecular flexibility index (Phi) is 5.68. The normalized spacial score (nSPS) is 17.0. The van der Waals surface area contributed by atoms with Gasteiger partial charge in [-0.1, -0.05) is 18.2 Å². The molecule has 0 atom stereocenters. The van der Waals surface area contributed by atoms with Gasteiger partial charge in [0.15, 0.2) is 0 Å². The average molecular weight is 434 g/mol. The maximum Gasteiger partial charge on any atom is 0.223 e. The lowest BCUT2D eigenvalue weighted by atomic mass is 10.00. The molecule has 0 spiro atoms. The van der Waals surface area contributed by atoms with Crippen molar-refractivity contribution in [1.82, 2.24) is 15.2 Å². The number of benzene rings is 2. The van der Waals surface area contributed by atoms with Crippen LogP contribution in [0.4, 0.5) is 4.39 Å². The largest absolute Gasteiger partial charge is 0.354 e. The van der Waals surface area contributed by atoms with Crippen molar-refractivity contribution in [3.05, 3.63) is 59.9 Å². The highest BCUT2D eigenvalue weighted by Gasteiger charge is 2.32. The molecular formula is C26H28FN3O2. The van der Waals surface area contributed by atoms with E-state index in [2.05, 4.69) is 16.4 Å². The molecule has 166 valence electrons. The van der Waals surface area contributed by atoms with Crippen molar-refractivity contribution in [2.45, 2.75) is 44.6 Å². The number of piperidine rings is 1. The number of nitrogens with one attached hydrogen (secondary N) is 2. The predicted molar refractivity (Wildman–Crippen MR) is 122 cm³/mol. The number of carbonyl (C=O) groups is 2. The van der Waals surface area contributed by atoms with Crippen LogP contribution in [0.3, 0.4) is 0 Å². The summed E-state index contributed by atoms with van der Waals surface area (Å²) in [7, 11) is 0. The van der Waals surface area contributed by atoms with Gasteiger partial charge < -0.3 is 15.2 Å². The van der Waals surface area contributed by atoms with E-state index in [0.717, 1.165) is 53.4 Å². The van der Waals surface area contributed by atoms with Crippen LogP contribution in [0.25, 0.3) is 22.2 Å². The number of H-pyrrole nitrogens is 1. The number of halogens is 1. The van der Waals surface area contributed by atoms with Gasteiger partial charge in [0.2, 0.25) is 11.8 Å². The van der Waals surface area contributed by atoms with Crippen molar-refractivity contribution >= 4 is 22.7 Å². The summed E-state index contributed by atoms with van der Waals surface area (Å²) in [5.41, 5.74) is 3.96. The van der Waals surface area contributed by atoms with Gasteiger partial charge in [0.1, 0.15) is 5.82 Å². The lowest BCUT2D eigenvalue weighted by Gasteiger charge is -2.32. The Morgan fingerprint density at radius 2 is 1.72 bits per heavy atom. The van der Waals surface area contributed by atoms with Crippen molar-refractivity contribution in [1.29, 1.82) is 0 Å². The molecule has 2 N–H and O–H groups in total. The Morgan fingerprint density at radius 3 is 2.44 bits per heavy atom. The molecule has 1 aliphatic carbocycles. The highest BCUT2D eigenvalue weighted by Crippen LogP contribution is 2.32. The quantitative estimate of drug-likeness (QED) is 0.604. The Bertz CT molecular complexity index is 1130. The molecular weight excluding hydrogens is 405 g/mol. The first-order valence-electron chi connectivity index (χ1n) is 11.5. The second-order valence-electron chi connectivity index (χ2n) is 8.97. The van der Waals surface area contributed by atoms with E-state index in [0.29, 0.717) is 25.9 Å². The second kappa shape index (κ2) is 8.77. The van der Waals surface area contributed by atoms with Crippen LogP contribution in [0, 0.1) is 11.7 Å². The summed E-state index contributed by atoms with van der Waals surface area (Å²) in [6.07, 6.45) is 4.70. The van der Waals surface area contributed by atoms with E-state index >= 15 is 0 Å². The van der Waals surface area contributed by atoms with Crippen LogP contribution in [0.15, 0.2) is 48.5 Å². The first-order valence-corrected chi connectivity index (χ1v) is 11.5. The summed E-state index contributed by atoms with van der Waals surface area (Å²) in [5, 5.41) is 4.23. The number of aromatic amines is 1. The fourth-order valence-electron chi connectivity index (χ4n) is 4.65. The summed E-state index contributed by atoms with van der Waals surface area (Å²) in [5.74, 6) is 0.286. The fraction of sp³-hybridized carbons (Fsp3) is 0.385. The van der Waals surface area contributed by atoms with E-state index < -0.39 is 0 Å². The Labute approximate surface area is 187 Å². The number of hydrogen-bond donors (Lipinski definition) is 2. The SMILES string of the molecule is O=C(NC1CCN(C(=O)CCc2c(-c3ccc(F)cc3)[nH]c3ccccc23)CC1)C1CC1. The summed E-state index contributed by atoms with van der Waals surface area (Å²) in [6, 6.07) is 14.7. The van der Waals surface area contributed by atoms with Crippen molar-refractivity contribution < 1.29 is 14.0 Å². The number of carbonyl (C=O) groups excluding carboxylic acids is 2. The van der Waals surface area contributed by atoms with Gasteiger partial charge >= 0.3 is 0 Å². The highest BCUT2D eigenvalue weighted by molar-refractivity contribution is 5.91. The molecule has 2 heterocycles. The van der Waals surface area contributed by atoms with Crippen LogP contribution < -0.4 is 5.32 Å². The minimum Gasteiger partial charge on any atom is -0.354 e. The Balaban J connectivity index is 1.25. The number of fused-ring (bicyclic) bond motifs is 1. The zero-order valence-electron chi connectivity index (χ0n) is 18.1. The number of aryl methyl sites for hydroxylation is 1. The molecule has 5 rings (SSSR count). The molecule has 6 heteroatoms. The van der Waals surface area contributed by atoms with Crippen LogP contribution in [0.1, 0.15) is 37.7 Å². The Hall–Kier alpha value is -3.15. The Morgan fingerprint density at radius 1 is 1.00 bits per heavy atom. The predicted octanol–water partition coefficient (Wildman–Crippen LogP) is 4.42. The number of para-hydroxylation sites is 1. The van der Waals surface area contributed by atoms with E-state index in [4.69, 9.17) is 0 Å².